The van der Waals surface area contributed by atoms with Crippen LogP contribution >= 0.6 is 11.6 Å². The number of nitrogens with zero attached hydrogens (tertiary/aromatic N) is 4. The highest BCUT2D eigenvalue weighted by Crippen LogP contribution is 2.26. The summed E-state index contributed by atoms with van der Waals surface area (Å²) in [5.74, 6) is -1.78. The normalized spacial score (nSPS) is 14.5. The molecule has 3 aromatic rings. The monoisotopic (exact) mass is 716 g/mol. The molecule has 0 spiro atoms. The van der Waals surface area contributed by atoms with Crippen molar-refractivity contribution in [1.29, 1.82) is 0 Å². The second-order valence-electron chi connectivity index (χ2n) is 13.5. The molecule has 50 heavy (non-hydrogen) atoms. The zero-order chi connectivity index (χ0) is 36.8. The maximum Gasteiger partial charge on any atom is 0.410 e. The molecule has 14 heteroatoms. The average molecular weight is 717 g/mol. The molecule has 2 aliphatic heterocycles. The molecular weight excluding hydrogens is 677 g/mol. The maximum absolute atomic E-state index is 14.2. The lowest BCUT2D eigenvalue weighted by atomic mass is 10.1. The first-order valence-electron chi connectivity index (χ1n) is 15.8. The van der Waals surface area contributed by atoms with E-state index in [1.807, 2.05) is 32.9 Å². The molecule has 0 fully saturated rings. The molecule has 2 aliphatic rings. The number of carbonyl (C=O) groups is 2. The van der Waals surface area contributed by atoms with Gasteiger partial charge in [-0.05, 0) is 95.2 Å². The Morgan fingerprint density at radius 1 is 0.760 bits per heavy atom. The maximum atomic E-state index is 14.2. The summed E-state index contributed by atoms with van der Waals surface area (Å²) in [4.78, 5) is 35.6. The van der Waals surface area contributed by atoms with Crippen LogP contribution in [0.1, 0.15) is 64.3 Å². The van der Waals surface area contributed by atoms with Crippen LogP contribution in [0.5, 0.6) is 5.75 Å². The van der Waals surface area contributed by atoms with Crippen molar-refractivity contribution in [2.24, 2.45) is 0 Å². The number of rotatable bonds is 6. The van der Waals surface area contributed by atoms with Crippen LogP contribution in [-0.4, -0.2) is 74.4 Å². The Kier molecular flexibility index (Phi) is 12.2. The highest BCUT2D eigenvalue weighted by Gasteiger charge is 2.28. The Bertz CT molecular complexity index is 1790. The first-order chi connectivity index (χ1) is 23.4. The van der Waals surface area contributed by atoms with E-state index in [1.165, 1.54) is 35.2 Å². The van der Waals surface area contributed by atoms with E-state index in [9.17, 15) is 22.8 Å². The Morgan fingerprint density at radius 2 is 1.24 bits per heavy atom. The molecule has 1 N–H and O–H groups in total. The van der Waals surface area contributed by atoms with Crippen LogP contribution in [0.4, 0.5) is 22.8 Å². The molecule has 5 rings (SSSR count). The first-order valence-corrected chi connectivity index (χ1v) is 16.1. The van der Waals surface area contributed by atoms with Crippen LogP contribution in [0.3, 0.4) is 0 Å². The third-order valence-electron chi connectivity index (χ3n) is 7.05. The number of aliphatic hydroxyl groups is 1. The lowest BCUT2D eigenvalue weighted by molar-refractivity contribution is 0.0295. The molecule has 0 saturated heterocycles. The zero-order valence-corrected chi connectivity index (χ0v) is 29.5. The van der Waals surface area contributed by atoms with Crippen LogP contribution in [-0.2, 0) is 22.7 Å². The fourth-order valence-electron chi connectivity index (χ4n) is 4.69. The van der Waals surface area contributed by atoms with Crippen molar-refractivity contribution in [3.05, 3.63) is 99.9 Å². The molecular formula is C36H40ClF3N4O6. The molecule has 0 bridgehead atoms. The number of aliphatic hydroxyl groups excluding tert-OH is 1. The van der Waals surface area contributed by atoms with E-state index in [0.29, 0.717) is 37.6 Å². The van der Waals surface area contributed by atoms with E-state index < -0.39 is 47.4 Å². The van der Waals surface area contributed by atoms with E-state index in [-0.39, 0.29) is 28.8 Å². The smallest absolute Gasteiger partial charge is 0.410 e. The highest BCUT2D eigenvalue weighted by atomic mass is 35.5. The average Bonchev–Trinajstić information content (AvgIpc) is 3.72. The minimum Gasteiger partial charge on any atom is -0.484 e. The Labute approximate surface area is 294 Å². The number of carbonyl (C=O) groups excluding carboxylic acids is 2. The van der Waals surface area contributed by atoms with Crippen molar-refractivity contribution in [2.75, 3.05) is 26.2 Å². The predicted octanol–water partition coefficient (Wildman–Crippen LogP) is 7.57. The number of hydrogen-bond acceptors (Lipinski definition) is 8. The molecule has 0 saturated carbocycles. The summed E-state index contributed by atoms with van der Waals surface area (Å²) >= 11 is 5.71. The molecule has 1 aromatic carbocycles. The number of ether oxygens (including phenoxy) is 3. The molecule has 0 atom stereocenters. The molecule has 10 nitrogen and oxygen atoms in total. The van der Waals surface area contributed by atoms with Gasteiger partial charge in [0.2, 0.25) is 0 Å². The van der Waals surface area contributed by atoms with Gasteiger partial charge in [-0.1, -0.05) is 23.8 Å². The Balaban J connectivity index is 0.000000237. The summed E-state index contributed by atoms with van der Waals surface area (Å²) < 4.78 is 57.3. The minimum absolute atomic E-state index is 0.00381. The van der Waals surface area contributed by atoms with E-state index in [4.69, 9.17) is 30.9 Å². The Hall–Kier alpha value is -4.62. The number of aromatic nitrogens is 2. The van der Waals surface area contributed by atoms with Gasteiger partial charge in [0.1, 0.15) is 40.8 Å². The molecule has 0 unspecified atom stereocenters. The van der Waals surface area contributed by atoms with Gasteiger partial charge in [-0.25, -0.2) is 32.7 Å². The van der Waals surface area contributed by atoms with Gasteiger partial charge in [0.25, 0.3) is 0 Å². The van der Waals surface area contributed by atoms with Crippen molar-refractivity contribution in [1.82, 2.24) is 19.8 Å². The van der Waals surface area contributed by atoms with Crippen LogP contribution in [0.15, 0.2) is 54.6 Å². The summed E-state index contributed by atoms with van der Waals surface area (Å²) in [6.07, 6.45) is 2.88. The van der Waals surface area contributed by atoms with Gasteiger partial charge in [0.15, 0.2) is 11.6 Å². The second kappa shape index (κ2) is 15.9. The fourth-order valence-corrected chi connectivity index (χ4v) is 4.85. The number of halogens is 4. The summed E-state index contributed by atoms with van der Waals surface area (Å²) in [7, 11) is 0. The molecule has 0 aliphatic carbocycles. The summed E-state index contributed by atoms with van der Waals surface area (Å²) in [6, 6.07) is 9.59. The third-order valence-corrected chi connectivity index (χ3v) is 7.28. The van der Waals surface area contributed by atoms with Gasteiger partial charge in [0.05, 0.1) is 31.1 Å². The summed E-state index contributed by atoms with van der Waals surface area (Å²) in [6.45, 7) is 11.6. The largest absolute Gasteiger partial charge is 0.484 e. The third kappa shape index (κ3) is 10.7. The van der Waals surface area contributed by atoms with Crippen LogP contribution in [0, 0.1) is 17.5 Å². The summed E-state index contributed by atoms with van der Waals surface area (Å²) in [5, 5.41) is 9.29. The van der Waals surface area contributed by atoms with Gasteiger partial charge in [-0.3, -0.25) is 0 Å². The zero-order valence-electron chi connectivity index (χ0n) is 28.7. The lowest BCUT2D eigenvalue weighted by Crippen LogP contribution is -2.35. The second-order valence-corrected chi connectivity index (χ2v) is 13.9. The van der Waals surface area contributed by atoms with E-state index in [1.54, 1.807) is 31.7 Å². The molecule has 2 amide bonds. The van der Waals surface area contributed by atoms with E-state index >= 15 is 0 Å². The van der Waals surface area contributed by atoms with Gasteiger partial charge in [-0.15, -0.1) is 0 Å². The van der Waals surface area contributed by atoms with Crippen LogP contribution in [0.25, 0.3) is 11.1 Å². The molecule has 4 heterocycles. The van der Waals surface area contributed by atoms with Crippen molar-refractivity contribution in [3.8, 4) is 5.75 Å². The van der Waals surface area contributed by atoms with Gasteiger partial charge in [-0.2, -0.15) is 0 Å². The SMILES string of the molecule is CC(C)(C)OC(=O)N1CC=C(c2ccc(F)c(CO)n2)C1.CC(C)(C)OC(=O)N1CC=C(c2ccc(F)c(COc3ccc(Cl)cc3F)n2)C1. The number of hydrogen-bond donors (Lipinski definition) is 1. The summed E-state index contributed by atoms with van der Waals surface area (Å²) in [5.41, 5.74) is 1.58. The molecule has 2 aromatic heterocycles. The standard InChI is InChI=1S/C21H21ClF2N2O3.C15H19FN2O3/c1-21(2,3)29-20(27)26-9-8-13(11-26)17-6-5-15(23)18(25-17)12-28-19-7-4-14(22)10-16(19)24;1-15(2,3)21-14(20)18-7-6-10(8-18)12-5-4-11(16)13(9-19)17-12/h4-8,10H,9,11-12H2,1-3H3;4-6,19H,7-9H2,1-3H3. The van der Waals surface area contributed by atoms with E-state index in [2.05, 4.69) is 9.97 Å². The van der Waals surface area contributed by atoms with Crippen LogP contribution < -0.4 is 4.74 Å². The van der Waals surface area contributed by atoms with Crippen LogP contribution in [0.2, 0.25) is 5.02 Å². The lowest BCUT2D eigenvalue weighted by Gasteiger charge is -2.24. The van der Waals surface area contributed by atoms with Crippen molar-refractivity contribution in [2.45, 2.75) is 66.0 Å². The molecule has 268 valence electrons. The van der Waals surface area contributed by atoms with Gasteiger partial charge < -0.3 is 29.1 Å². The van der Waals surface area contributed by atoms with E-state index in [0.717, 1.165) is 17.2 Å². The predicted molar refractivity (Wildman–Crippen MR) is 182 cm³/mol. The van der Waals surface area contributed by atoms with Gasteiger partial charge in [0, 0.05) is 18.1 Å². The number of amides is 2. The minimum atomic E-state index is -0.638. The topological polar surface area (TPSA) is 114 Å². The van der Waals surface area contributed by atoms with Gasteiger partial charge >= 0.3 is 12.2 Å². The quantitative estimate of drug-likeness (QED) is 0.278. The highest BCUT2D eigenvalue weighted by molar-refractivity contribution is 6.30. The van der Waals surface area contributed by atoms with Crippen molar-refractivity contribution in [3.63, 3.8) is 0 Å². The number of pyridine rings is 2. The molecule has 0 radical (unpaired) electrons. The Morgan fingerprint density at radius 3 is 1.70 bits per heavy atom. The number of benzene rings is 1. The first kappa shape index (κ1) is 38.2. The van der Waals surface area contributed by atoms with Crippen molar-refractivity contribution < 1.29 is 42.1 Å². The van der Waals surface area contributed by atoms with Crippen molar-refractivity contribution >= 4 is 34.9 Å². The fraction of sp³-hybridized carbons (Fsp3) is 0.389.